The zero-order valence-electron chi connectivity index (χ0n) is 17.7. The molecule has 1 aromatic heterocycles. The van der Waals surface area contributed by atoms with E-state index in [0.29, 0.717) is 16.6 Å². The number of hydrogen-bond acceptors (Lipinski definition) is 5. The van der Waals surface area contributed by atoms with Gasteiger partial charge < -0.3 is 5.32 Å². The van der Waals surface area contributed by atoms with Crippen molar-refractivity contribution in [1.29, 1.82) is 5.26 Å². The SMILES string of the molecule is CC(C)C(C)(C#N)NC(=O)CSc1nnc(Cc2ccccc2)n1-c1ccc(Cl)cc1. The molecule has 8 heteroatoms. The van der Waals surface area contributed by atoms with Crippen LogP contribution in [-0.2, 0) is 11.2 Å². The lowest BCUT2D eigenvalue weighted by Crippen LogP contribution is -2.49. The fourth-order valence-corrected chi connectivity index (χ4v) is 3.79. The van der Waals surface area contributed by atoms with Gasteiger partial charge in [-0.05, 0) is 42.7 Å². The Hall–Kier alpha value is -2.82. The van der Waals surface area contributed by atoms with Gasteiger partial charge in [0, 0.05) is 17.1 Å². The van der Waals surface area contributed by atoms with E-state index in [1.165, 1.54) is 11.8 Å². The Balaban J connectivity index is 1.84. The molecule has 31 heavy (non-hydrogen) atoms. The van der Waals surface area contributed by atoms with Crippen LogP contribution >= 0.6 is 23.4 Å². The van der Waals surface area contributed by atoms with Crippen LogP contribution in [0.4, 0.5) is 0 Å². The molecule has 160 valence electrons. The number of halogens is 1. The molecule has 2 aromatic carbocycles. The van der Waals surface area contributed by atoms with E-state index < -0.39 is 5.54 Å². The van der Waals surface area contributed by atoms with Crippen molar-refractivity contribution in [2.75, 3.05) is 5.75 Å². The molecular formula is C23H24ClN5OS. The van der Waals surface area contributed by atoms with E-state index in [9.17, 15) is 10.1 Å². The summed E-state index contributed by atoms with van der Waals surface area (Å²) >= 11 is 7.34. The second-order valence-corrected chi connectivity index (χ2v) is 9.06. The predicted molar refractivity (Wildman–Crippen MR) is 123 cm³/mol. The van der Waals surface area contributed by atoms with E-state index in [1.54, 1.807) is 6.92 Å². The van der Waals surface area contributed by atoms with Gasteiger partial charge in [0.2, 0.25) is 5.91 Å². The molecule has 0 aliphatic rings. The molecule has 3 rings (SSSR count). The number of thioether (sulfide) groups is 1. The first-order valence-corrected chi connectivity index (χ1v) is 11.3. The summed E-state index contributed by atoms with van der Waals surface area (Å²) in [5.74, 6) is 0.654. The predicted octanol–water partition coefficient (Wildman–Crippen LogP) is 4.66. The molecule has 0 bridgehead atoms. The Morgan fingerprint density at radius 1 is 1.19 bits per heavy atom. The van der Waals surface area contributed by atoms with Crippen molar-refractivity contribution in [2.45, 2.75) is 37.9 Å². The number of carbonyl (C=O) groups excluding carboxylic acids is 1. The molecule has 0 fully saturated rings. The molecule has 0 saturated carbocycles. The molecule has 0 aliphatic carbocycles. The zero-order valence-corrected chi connectivity index (χ0v) is 19.2. The minimum atomic E-state index is -0.917. The van der Waals surface area contributed by atoms with Crippen molar-refractivity contribution in [3.8, 4) is 11.8 Å². The number of nitrogens with one attached hydrogen (secondary N) is 1. The highest BCUT2D eigenvalue weighted by molar-refractivity contribution is 7.99. The molecule has 1 unspecified atom stereocenters. The molecule has 6 nitrogen and oxygen atoms in total. The van der Waals surface area contributed by atoms with Gasteiger partial charge in [-0.25, -0.2) is 0 Å². The van der Waals surface area contributed by atoms with Crippen molar-refractivity contribution in [1.82, 2.24) is 20.1 Å². The number of benzene rings is 2. The van der Waals surface area contributed by atoms with Crippen molar-refractivity contribution < 1.29 is 4.79 Å². The molecule has 0 aliphatic heterocycles. The van der Waals surface area contributed by atoms with Gasteiger partial charge in [-0.15, -0.1) is 10.2 Å². The van der Waals surface area contributed by atoms with E-state index in [4.69, 9.17) is 11.6 Å². The lowest BCUT2D eigenvalue weighted by molar-refractivity contribution is -0.120. The van der Waals surface area contributed by atoms with Gasteiger partial charge in [0.25, 0.3) is 0 Å². The number of nitriles is 1. The van der Waals surface area contributed by atoms with Crippen LogP contribution < -0.4 is 5.32 Å². The summed E-state index contributed by atoms with van der Waals surface area (Å²) in [6, 6.07) is 19.6. The third kappa shape index (κ3) is 5.66. The van der Waals surface area contributed by atoms with Gasteiger partial charge in [0.15, 0.2) is 5.16 Å². The number of rotatable bonds is 8. The minimum absolute atomic E-state index is 0.0124. The molecule has 3 aromatic rings. The van der Waals surface area contributed by atoms with Crippen LogP contribution in [0.5, 0.6) is 0 Å². The van der Waals surface area contributed by atoms with Gasteiger partial charge in [0.05, 0.1) is 11.8 Å². The molecule has 0 saturated heterocycles. The van der Waals surface area contributed by atoms with E-state index in [2.05, 4.69) is 21.6 Å². The lowest BCUT2D eigenvalue weighted by Gasteiger charge is -2.27. The lowest BCUT2D eigenvalue weighted by atomic mass is 9.90. The molecule has 0 spiro atoms. The van der Waals surface area contributed by atoms with Gasteiger partial charge in [-0.2, -0.15) is 5.26 Å². The second kappa shape index (κ2) is 9.99. The molecule has 1 amide bonds. The van der Waals surface area contributed by atoms with Crippen LogP contribution in [0, 0.1) is 17.2 Å². The van der Waals surface area contributed by atoms with Gasteiger partial charge in [0.1, 0.15) is 11.4 Å². The van der Waals surface area contributed by atoms with Gasteiger partial charge in [-0.3, -0.25) is 9.36 Å². The maximum atomic E-state index is 12.5. The van der Waals surface area contributed by atoms with E-state index in [0.717, 1.165) is 17.1 Å². The first-order chi connectivity index (χ1) is 14.8. The maximum Gasteiger partial charge on any atom is 0.231 e. The third-order valence-corrected chi connectivity index (χ3v) is 6.29. The van der Waals surface area contributed by atoms with E-state index in [-0.39, 0.29) is 17.6 Å². The van der Waals surface area contributed by atoms with Crippen molar-refractivity contribution in [3.05, 3.63) is 71.0 Å². The van der Waals surface area contributed by atoms with Crippen LogP contribution in [0.1, 0.15) is 32.2 Å². The van der Waals surface area contributed by atoms with Crippen LogP contribution in [-0.4, -0.2) is 32.0 Å². The Morgan fingerprint density at radius 3 is 2.48 bits per heavy atom. The highest BCUT2D eigenvalue weighted by Crippen LogP contribution is 2.25. The molecule has 0 radical (unpaired) electrons. The molecule has 1 N–H and O–H groups in total. The van der Waals surface area contributed by atoms with Crippen LogP contribution in [0.2, 0.25) is 5.02 Å². The fourth-order valence-electron chi connectivity index (χ4n) is 2.89. The van der Waals surface area contributed by atoms with Crippen LogP contribution in [0.25, 0.3) is 5.69 Å². The number of amides is 1. The highest BCUT2D eigenvalue weighted by Gasteiger charge is 2.30. The largest absolute Gasteiger partial charge is 0.337 e. The van der Waals surface area contributed by atoms with Gasteiger partial charge >= 0.3 is 0 Å². The van der Waals surface area contributed by atoms with E-state index >= 15 is 0 Å². The smallest absolute Gasteiger partial charge is 0.231 e. The second-order valence-electron chi connectivity index (χ2n) is 7.68. The topological polar surface area (TPSA) is 83.6 Å². The number of aromatic nitrogens is 3. The summed E-state index contributed by atoms with van der Waals surface area (Å²) in [5.41, 5.74) is 1.06. The Labute approximate surface area is 191 Å². The van der Waals surface area contributed by atoms with Crippen LogP contribution in [0.15, 0.2) is 59.8 Å². The summed E-state index contributed by atoms with van der Waals surface area (Å²) in [6.45, 7) is 5.54. The quantitative estimate of drug-likeness (QED) is 0.501. The monoisotopic (exact) mass is 453 g/mol. The number of hydrogen-bond donors (Lipinski definition) is 1. The third-order valence-electron chi connectivity index (χ3n) is 5.11. The summed E-state index contributed by atoms with van der Waals surface area (Å²) in [4.78, 5) is 12.5. The summed E-state index contributed by atoms with van der Waals surface area (Å²) in [6.07, 6.45) is 0.600. The Morgan fingerprint density at radius 2 is 1.87 bits per heavy atom. The molecular weight excluding hydrogens is 430 g/mol. The van der Waals surface area contributed by atoms with Crippen molar-refractivity contribution in [2.24, 2.45) is 5.92 Å². The molecule has 1 atom stereocenters. The summed E-state index contributed by atoms with van der Waals surface area (Å²) in [5, 5.41) is 22.2. The first-order valence-electron chi connectivity index (χ1n) is 9.91. The summed E-state index contributed by atoms with van der Waals surface area (Å²) < 4.78 is 1.94. The fraction of sp³-hybridized carbons (Fsp3) is 0.304. The van der Waals surface area contributed by atoms with Crippen molar-refractivity contribution in [3.63, 3.8) is 0 Å². The standard InChI is InChI=1S/C23H24ClN5OS/c1-16(2)23(3,15-25)26-21(30)14-31-22-28-27-20(13-17-7-5-4-6-8-17)29(22)19-11-9-18(24)10-12-19/h4-12,16H,13-14H2,1-3H3,(H,26,30). The Kier molecular flexibility index (Phi) is 7.37. The zero-order chi connectivity index (χ0) is 22.4. The first kappa shape index (κ1) is 22.9. The minimum Gasteiger partial charge on any atom is -0.337 e. The normalized spacial score (nSPS) is 12.9. The van der Waals surface area contributed by atoms with Crippen LogP contribution in [0.3, 0.4) is 0 Å². The molecule has 1 heterocycles. The van der Waals surface area contributed by atoms with Gasteiger partial charge in [-0.1, -0.05) is 67.5 Å². The number of carbonyl (C=O) groups is 1. The maximum absolute atomic E-state index is 12.5. The average molecular weight is 454 g/mol. The summed E-state index contributed by atoms with van der Waals surface area (Å²) in [7, 11) is 0. The number of nitrogens with zero attached hydrogens (tertiary/aromatic N) is 4. The highest BCUT2D eigenvalue weighted by atomic mass is 35.5. The van der Waals surface area contributed by atoms with E-state index in [1.807, 2.05) is 73.0 Å². The Bertz CT molecular complexity index is 1080. The van der Waals surface area contributed by atoms with Crippen molar-refractivity contribution >= 4 is 29.3 Å². The average Bonchev–Trinajstić information content (AvgIpc) is 3.15.